The Morgan fingerprint density at radius 2 is 1.25 bits per heavy atom. The molecule has 0 aromatic rings. The molecule has 7 N–H and O–H groups in total. The van der Waals surface area contributed by atoms with Gasteiger partial charge in [-0.05, 0) is 26.2 Å². The van der Waals surface area contributed by atoms with Crippen LogP contribution in [0.3, 0.4) is 0 Å². The maximum absolute atomic E-state index is 13.4. The van der Waals surface area contributed by atoms with Gasteiger partial charge in [0, 0.05) is 64.6 Å². The largest absolute Gasteiger partial charge is 0.481 e. The summed E-state index contributed by atoms with van der Waals surface area (Å²) in [4.78, 5) is 96.9. The standard InChI is InChI=1S/C30H50BrCl2N7O11/c1-21(38-28(46)20-51-16-15-50-14-11-37-23(41)3-2-8-34-25(43)17-31)4-6-24(42)39-22(5-7-29(47)48)30(49)40(12-9-35-26(44)18-32)13-10-36-27(45)19-33/h21-22H,2-20H2,1H3,(H,34,43)(H,35,44)(H,36,45)(H,37,41)(H,38,46)(H,39,42)(H,47,48). The number of carbonyl (C=O) groups excluding carboxylic acids is 7. The Morgan fingerprint density at radius 1 is 0.667 bits per heavy atom. The van der Waals surface area contributed by atoms with E-state index in [1.807, 2.05) is 0 Å². The Bertz CT molecular complexity index is 1100. The van der Waals surface area contributed by atoms with Crippen LogP contribution in [0, 0.1) is 0 Å². The van der Waals surface area contributed by atoms with Crippen molar-refractivity contribution in [2.75, 3.05) is 82.8 Å². The molecule has 0 bridgehead atoms. The van der Waals surface area contributed by atoms with Gasteiger partial charge in [0.25, 0.3) is 0 Å². The van der Waals surface area contributed by atoms with Crippen LogP contribution in [-0.4, -0.2) is 152 Å². The zero-order chi connectivity index (χ0) is 38.4. The van der Waals surface area contributed by atoms with Gasteiger partial charge in [-0.15, -0.1) is 23.2 Å². The molecule has 2 unspecified atom stereocenters. The first-order chi connectivity index (χ1) is 24.3. The van der Waals surface area contributed by atoms with E-state index in [0.29, 0.717) is 19.5 Å². The lowest BCUT2D eigenvalue weighted by atomic mass is 10.1. The van der Waals surface area contributed by atoms with Gasteiger partial charge in [0.2, 0.25) is 41.4 Å². The van der Waals surface area contributed by atoms with Crippen LogP contribution in [0.2, 0.25) is 0 Å². The predicted octanol–water partition coefficient (Wildman–Crippen LogP) is -1.40. The molecule has 0 aliphatic heterocycles. The van der Waals surface area contributed by atoms with Crippen LogP contribution in [0.4, 0.5) is 0 Å². The number of carboxylic acid groups (broad SMARTS) is 1. The second-order valence-corrected chi connectivity index (χ2v) is 12.0. The van der Waals surface area contributed by atoms with E-state index in [4.69, 9.17) is 32.7 Å². The molecule has 0 aliphatic rings. The van der Waals surface area contributed by atoms with Crippen LogP contribution in [0.5, 0.6) is 0 Å². The lowest BCUT2D eigenvalue weighted by molar-refractivity contribution is -0.140. The normalized spacial score (nSPS) is 11.8. The van der Waals surface area contributed by atoms with Crippen LogP contribution in [0.15, 0.2) is 0 Å². The first-order valence-corrected chi connectivity index (χ1v) is 18.5. The zero-order valence-corrected chi connectivity index (χ0v) is 31.8. The maximum atomic E-state index is 13.4. The highest BCUT2D eigenvalue weighted by Gasteiger charge is 2.27. The molecule has 18 nitrogen and oxygen atoms in total. The van der Waals surface area contributed by atoms with Crippen molar-refractivity contribution in [2.24, 2.45) is 0 Å². The fourth-order valence-corrected chi connectivity index (χ4v) is 4.48. The molecule has 0 heterocycles. The molecule has 7 amide bonds. The highest BCUT2D eigenvalue weighted by Crippen LogP contribution is 2.06. The molecule has 0 saturated heterocycles. The van der Waals surface area contributed by atoms with Crippen molar-refractivity contribution in [1.82, 2.24) is 36.8 Å². The van der Waals surface area contributed by atoms with Crippen LogP contribution in [0.25, 0.3) is 0 Å². The van der Waals surface area contributed by atoms with Crippen LogP contribution >= 0.6 is 39.1 Å². The van der Waals surface area contributed by atoms with Gasteiger partial charge in [-0.3, -0.25) is 38.4 Å². The average molecular weight is 836 g/mol. The van der Waals surface area contributed by atoms with E-state index in [2.05, 4.69) is 47.8 Å². The fraction of sp³-hybridized carbons (Fsp3) is 0.733. The van der Waals surface area contributed by atoms with E-state index in [9.17, 15) is 43.5 Å². The molecule has 21 heteroatoms. The number of carboxylic acids is 1. The lowest BCUT2D eigenvalue weighted by Gasteiger charge is -2.28. The second kappa shape index (κ2) is 30.4. The number of amides is 7. The number of aliphatic carboxylic acids is 1. The Kier molecular flexibility index (Phi) is 28.4. The number of hydrogen-bond acceptors (Lipinski definition) is 10. The van der Waals surface area contributed by atoms with Crippen molar-refractivity contribution in [3.63, 3.8) is 0 Å². The highest BCUT2D eigenvalue weighted by atomic mass is 79.9. The first-order valence-electron chi connectivity index (χ1n) is 16.3. The third-order valence-corrected chi connectivity index (χ3v) is 7.65. The summed E-state index contributed by atoms with van der Waals surface area (Å²) in [5.41, 5.74) is 0. The molecule has 292 valence electrons. The number of ether oxygens (including phenoxy) is 2. The summed E-state index contributed by atoms with van der Waals surface area (Å²) in [6.45, 7) is 2.76. The maximum Gasteiger partial charge on any atom is 0.303 e. The number of rotatable bonds is 30. The lowest BCUT2D eigenvalue weighted by Crippen LogP contribution is -2.52. The molecule has 51 heavy (non-hydrogen) atoms. The van der Waals surface area contributed by atoms with Gasteiger partial charge >= 0.3 is 5.97 Å². The number of nitrogens with zero attached hydrogens (tertiary/aromatic N) is 1. The third kappa shape index (κ3) is 27.1. The topological polar surface area (TPSA) is 251 Å². The van der Waals surface area contributed by atoms with Crippen molar-refractivity contribution in [2.45, 2.75) is 57.5 Å². The van der Waals surface area contributed by atoms with Crippen molar-refractivity contribution in [1.29, 1.82) is 0 Å². The third-order valence-electron chi connectivity index (χ3n) is 6.65. The Balaban J connectivity index is 4.60. The number of carbonyl (C=O) groups is 8. The smallest absolute Gasteiger partial charge is 0.303 e. The second-order valence-electron chi connectivity index (χ2n) is 11.0. The summed E-state index contributed by atoms with van der Waals surface area (Å²) in [7, 11) is 0. The van der Waals surface area contributed by atoms with Gasteiger partial charge in [0.15, 0.2) is 0 Å². The van der Waals surface area contributed by atoms with Crippen molar-refractivity contribution in [3.8, 4) is 0 Å². The van der Waals surface area contributed by atoms with Crippen LogP contribution in [-0.2, 0) is 47.8 Å². The van der Waals surface area contributed by atoms with Gasteiger partial charge in [-0.25, -0.2) is 0 Å². The first kappa shape index (κ1) is 47.7. The molecule has 0 spiro atoms. The highest BCUT2D eigenvalue weighted by molar-refractivity contribution is 9.09. The molecule has 0 aliphatic carbocycles. The van der Waals surface area contributed by atoms with Crippen molar-refractivity contribution < 1.29 is 52.9 Å². The summed E-state index contributed by atoms with van der Waals surface area (Å²) >= 11 is 14.0. The van der Waals surface area contributed by atoms with Gasteiger partial charge in [0.1, 0.15) is 24.4 Å². The van der Waals surface area contributed by atoms with E-state index in [1.165, 1.54) is 4.90 Å². The van der Waals surface area contributed by atoms with Crippen LogP contribution in [0.1, 0.15) is 45.4 Å². The summed E-state index contributed by atoms with van der Waals surface area (Å²) < 4.78 is 10.7. The Hall–Kier alpha value is -3.26. The summed E-state index contributed by atoms with van der Waals surface area (Å²) in [6, 6.07) is -1.64. The summed E-state index contributed by atoms with van der Waals surface area (Å²) in [6.07, 6.45) is 0.285. The Labute approximate surface area is 315 Å². The number of hydrogen-bond donors (Lipinski definition) is 7. The number of halogens is 3. The van der Waals surface area contributed by atoms with Crippen molar-refractivity contribution in [3.05, 3.63) is 0 Å². The molecule has 0 radical (unpaired) electrons. The molecule has 0 saturated carbocycles. The number of alkyl halides is 3. The van der Waals surface area contributed by atoms with E-state index in [1.54, 1.807) is 6.92 Å². The quantitative estimate of drug-likeness (QED) is 0.0328. The fourth-order valence-electron chi connectivity index (χ4n) is 4.10. The zero-order valence-electron chi connectivity index (χ0n) is 28.7. The van der Waals surface area contributed by atoms with E-state index < -0.39 is 54.0 Å². The summed E-state index contributed by atoms with van der Waals surface area (Å²) in [5, 5.41) is 25.1. The number of nitrogens with one attached hydrogen (secondary N) is 6. The van der Waals surface area contributed by atoms with E-state index in [0.717, 1.165) is 0 Å². The molecule has 0 fully saturated rings. The Morgan fingerprint density at radius 3 is 1.84 bits per heavy atom. The minimum Gasteiger partial charge on any atom is -0.481 e. The minimum atomic E-state index is -1.21. The average Bonchev–Trinajstić information content (AvgIpc) is 3.10. The SMILES string of the molecule is CC(CCC(=O)NC(CCC(=O)O)C(=O)N(CCNC(=O)CCl)CCNC(=O)CCl)NC(=O)COCCOCCNC(=O)CCCNC(=O)CBr. The monoisotopic (exact) mass is 833 g/mol. The molecule has 0 aromatic heterocycles. The van der Waals surface area contributed by atoms with E-state index in [-0.39, 0.29) is 107 Å². The molecule has 0 aromatic carbocycles. The molecule has 2 atom stereocenters. The van der Waals surface area contributed by atoms with Crippen LogP contribution < -0.4 is 31.9 Å². The minimum absolute atomic E-state index is 0.00478. The molecule has 0 rings (SSSR count). The molecular weight excluding hydrogens is 785 g/mol. The van der Waals surface area contributed by atoms with E-state index >= 15 is 0 Å². The van der Waals surface area contributed by atoms with Gasteiger partial charge in [-0.1, -0.05) is 15.9 Å². The van der Waals surface area contributed by atoms with Gasteiger partial charge < -0.3 is 51.4 Å². The van der Waals surface area contributed by atoms with Crippen molar-refractivity contribution >= 4 is 86.5 Å². The van der Waals surface area contributed by atoms with Gasteiger partial charge in [-0.2, -0.15) is 0 Å². The van der Waals surface area contributed by atoms with Gasteiger partial charge in [0.05, 0.1) is 25.2 Å². The predicted molar refractivity (Wildman–Crippen MR) is 190 cm³/mol. The summed E-state index contributed by atoms with van der Waals surface area (Å²) in [5.74, 6) is -4.55. The molecular formula is C30H50BrCl2N7O11.